The van der Waals surface area contributed by atoms with Crippen LogP contribution in [-0.2, 0) is 17.8 Å². The lowest BCUT2D eigenvalue weighted by Crippen LogP contribution is -2.35. The number of hydrogen-bond donors (Lipinski definition) is 0. The Kier molecular flexibility index (Phi) is 6.18. The van der Waals surface area contributed by atoms with Crippen LogP contribution < -0.4 is 4.90 Å². The minimum absolute atomic E-state index is 0.726. The molecule has 6 nitrogen and oxygen atoms in total. The number of morpholine rings is 1. The summed E-state index contributed by atoms with van der Waals surface area (Å²) in [6.45, 7) is 9.27. The molecular weight excluding hydrogens is 382 g/mol. The van der Waals surface area contributed by atoms with Crippen molar-refractivity contribution in [3.63, 3.8) is 0 Å². The summed E-state index contributed by atoms with van der Waals surface area (Å²) in [4.78, 5) is 18.6. The fraction of sp³-hybridized carbons (Fsp3) is 0.409. The number of aromatic nitrogens is 3. The van der Waals surface area contributed by atoms with Crippen molar-refractivity contribution in [3.05, 3.63) is 57.8 Å². The van der Waals surface area contributed by atoms with Crippen LogP contribution in [0.4, 0.5) is 5.82 Å². The zero-order valence-electron chi connectivity index (χ0n) is 17.3. The Morgan fingerprint density at radius 3 is 2.59 bits per heavy atom. The van der Waals surface area contributed by atoms with E-state index in [0.29, 0.717) is 0 Å². The highest BCUT2D eigenvalue weighted by molar-refractivity contribution is 7.09. The first-order valence-corrected chi connectivity index (χ1v) is 10.8. The van der Waals surface area contributed by atoms with Crippen molar-refractivity contribution >= 4 is 17.2 Å². The third kappa shape index (κ3) is 5.18. The topological polar surface area (TPSA) is 54.4 Å². The largest absolute Gasteiger partial charge is 0.379 e. The van der Waals surface area contributed by atoms with Crippen LogP contribution in [0.25, 0.3) is 11.3 Å². The fourth-order valence-electron chi connectivity index (χ4n) is 3.39. The van der Waals surface area contributed by atoms with Gasteiger partial charge in [-0.3, -0.25) is 4.90 Å². The summed E-state index contributed by atoms with van der Waals surface area (Å²) >= 11 is 1.73. The zero-order chi connectivity index (χ0) is 20.2. The van der Waals surface area contributed by atoms with Gasteiger partial charge in [-0.1, -0.05) is 29.8 Å². The van der Waals surface area contributed by atoms with Gasteiger partial charge in [0.25, 0.3) is 0 Å². The average Bonchev–Trinajstić information content (AvgIpc) is 3.15. The van der Waals surface area contributed by atoms with Gasteiger partial charge in [-0.05, 0) is 13.8 Å². The Morgan fingerprint density at radius 1 is 1.07 bits per heavy atom. The molecule has 7 heteroatoms. The van der Waals surface area contributed by atoms with Crippen molar-refractivity contribution in [1.82, 2.24) is 19.9 Å². The number of ether oxygens (including phenoxy) is 1. The molecule has 1 aromatic carbocycles. The second-order valence-electron chi connectivity index (χ2n) is 7.50. The SMILES string of the molecule is Cc1ccc(-c2cc(N(C)Cc3csc(CN4CCOCC4)n3)nc(C)n2)cc1. The van der Waals surface area contributed by atoms with E-state index in [1.54, 1.807) is 11.3 Å². The van der Waals surface area contributed by atoms with Gasteiger partial charge in [0, 0.05) is 37.1 Å². The maximum Gasteiger partial charge on any atom is 0.132 e. The minimum Gasteiger partial charge on any atom is -0.379 e. The summed E-state index contributed by atoms with van der Waals surface area (Å²) in [5.74, 6) is 1.69. The third-order valence-corrected chi connectivity index (χ3v) is 5.91. The van der Waals surface area contributed by atoms with Gasteiger partial charge in [-0.15, -0.1) is 11.3 Å². The highest BCUT2D eigenvalue weighted by atomic mass is 32.1. The van der Waals surface area contributed by atoms with Crippen molar-refractivity contribution < 1.29 is 4.74 Å². The fourth-order valence-corrected chi connectivity index (χ4v) is 4.21. The summed E-state index contributed by atoms with van der Waals surface area (Å²) in [5.41, 5.74) is 4.38. The van der Waals surface area contributed by atoms with E-state index in [-0.39, 0.29) is 0 Å². The molecule has 0 bridgehead atoms. The van der Waals surface area contributed by atoms with Gasteiger partial charge in [-0.25, -0.2) is 15.0 Å². The Hall–Kier alpha value is -2.35. The molecule has 1 fully saturated rings. The summed E-state index contributed by atoms with van der Waals surface area (Å²) < 4.78 is 5.42. The Morgan fingerprint density at radius 2 is 1.83 bits per heavy atom. The van der Waals surface area contributed by atoms with Gasteiger partial charge in [-0.2, -0.15) is 0 Å². The zero-order valence-corrected chi connectivity index (χ0v) is 18.1. The van der Waals surface area contributed by atoms with Crippen molar-refractivity contribution in [2.24, 2.45) is 0 Å². The third-order valence-electron chi connectivity index (χ3n) is 5.02. The number of rotatable bonds is 6. The number of benzene rings is 1. The predicted octanol–water partition coefficient (Wildman–Crippen LogP) is 3.69. The van der Waals surface area contributed by atoms with E-state index in [1.807, 2.05) is 6.92 Å². The molecule has 0 atom stereocenters. The number of aryl methyl sites for hydroxylation is 2. The molecule has 0 spiro atoms. The van der Waals surface area contributed by atoms with Crippen molar-refractivity contribution in [1.29, 1.82) is 0 Å². The summed E-state index contributed by atoms with van der Waals surface area (Å²) in [6.07, 6.45) is 0. The van der Waals surface area contributed by atoms with E-state index in [2.05, 4.69) is 69.5 Å². The van der Waals surface area contributed by atoms with Crippen molar-refractivity contribution in [3.8, 4) is 11.3 Å². The van der Waals surface area contributed by atoms with Gasteiger partial charge in [0.2, 0.25) is 0 Å². The van der Waals surface area contributed by atoms with Gasteiger partial charge in [0.15, 0.2) is 0 Å². The highest BCUT2D eigenvalue weighted by Gasteiger charge is 2.14. The van der Waals surface area contributed by atoms with E-state index in [1.165, 1.54) is 5.56 Å². The molecule has 3 heterocycles. The van der Waals surface area contributed by atoms with Crippen LogP contribution in [0.5, 0.6) is 0 Å². The molecule has 0 aliphatic carbocycles. The van der Waals surface area contributed by atoms with E-state index in [9.17, 15) is 0 Å². The molecule has 3 aromatic rings. The van der Waals surface area contributed by atoms with Gasteiger partial charge < -0.3 is 9.64 Å². The molecule has 4 rings (SSSR count). The summed E-state index contributed by atoms with van der Waals surface area (Å²) in [6, 6.07) is 10.5. The van der Waals surface area contributed by atoms with Crippen LogP contribution in [0.2, 0.25) is 0 Å². The second-order valence-corrected chi connectivity index (χ2v) is 8.44. The molecule has 2 aromatic heterocycles. The second kappa shape index (κ2) is 8.98. The van der Waals surface area contributed by atoms with Crippen LogP contribution in [0.1, 0.15) is 22.1 Å². The molecule has 1 saturated heterocycles. The normalized spacial score (nSPS) is 14.9. The van der Waals surface area contributed by atoms with Gasteiger partial charge in [0.1, 0.15) is 16.6 Å². The Balaban J connectivity index is 1.45. The molecular formula is C22H27N5OS. The monoisotopic (exact) mass is 409 g/mol. The van der Waals surface area contributed by atoms with E-state index in [0.717, 1.165) is 73.0 Å². The summed E-state index contributed by atoms with van der Waals surface area (Å²) in [7, 11) is 2.06. The first kappa shape index (κ1) is 19.9. The van der Waals surface area contributed by atoms with Crippen LogP contribution in [0.15, 0.2) is 35.7 Å². The molecule has 0 radical (unpaired) electrons. The average molecular weight is 410 g/mol. The maximum atomic E-state index is 5.42. The standard InChI is InChI=1S/C22H27N5OS/c1-16-4-6-18(7-5-16)20-12-21(24-17(2)23-20)26(3)13-19-15-29-22(25-19)14-27-8-10-28-11-9-27/h4-7,12,15H,8-11,13-14H2,1-3H3. The number of anilines is 1. The van der Waals surface area contributed by atoms with Crippen LogP contribution in [-0.4, -0.2) is 53.2 Å². The minimum atomic E-state index is 0.726. The molecule has 0 saturated carbocycles. The molecule has 1 aliphatic heterocycles. The first-order chi connectivity index (χ1) is 14.1. The molecule has 0 N–H and O–H groups in total. The number of nitrogens with zero attached hydrogens (tertiary/aromatic N) is 5. The van der Waals surface area contributed by atoms with Crippen LogP contribution in [0, 0.1) is 13.8 Å². The van der Waals surface area contributed by atoms with E-state index < -0.39 is 0 Å². The number of hydrogen-bond acceptors (Lipinski definition) is 7. The molecule has 152 valence electrons. The van der Waals surface area contributed by atoms with Crippen molar-refractivity contribution in [2.45, 2.75) is 26.9 Å². The maximum absolute atomic E-state index is 5.42. The van der Waals surface area contributed by atoms with Crippen LogP contribution >= 0.6 is 11.3 Å². The molecule has 1 aliphatic rings. The van der Waals surface area contributed by atoms with Crippen LogP contribution in [0.3, 0.4) is 0 Å². The molecule has 29 heavy (non-hydrogen) atoms. The van der Waals surface area contributed by atoms with E-state index in [4.69, 9.17) is 9.72 Å². The molecule has 0 amide bonds. The molecule has 0 unspecified atom stereocenters. The lowest BCUT2D eigenvalue weighted by atomic mass is 10.1. The lowest BCUT2D eigenvalue weighted by Gasteiger charge is -2.25. The number of thiazole rings is 1. The first-order valence-electron chi connectivity index (χ1n) is 9.94. The van der Waals surface area contributed by atoms with E-state index >= 15 is 0 Å². The Labute approximate surface area is 176 Å². The smallest absolute Gasteiger partial charge is 0.132 e. The van der Waals surface area contributed by atoms with Gasteiger partial charge in [0.05, 0.1) is 37.7 Å². The highest BCUT2D eigenvalue weighted by Crippen LogP contribution is 2.23. The predicted molar refractivity (Wildman–Crippen MR) is 117 cm³/mol. The quantitative estimate of drug-likeness (QED) is 0.619. The lowest BCUT2D eigenvalue weighted by molar-refractivity contribution is 0.0341. The summed E-state index contributed by atoms with van der Waals surface area (Å²) in [5, 5.41) is 3.32. The Bertz CT molecular complexity index is 950. The van der Waals surface area contributed by atoms with Gasteiger partial charge >= 0.3 is 0 Å². The van der Waals surface area contributed by atoms with Crippen molar-refractivity contribution in [2.75, 3.05) is 38.3 Å².